The molecule has 0 aromatic heterocycles. The average Bonchev–Trinajstić information content (AvgIpc) is 2.28. The van der Waals surface area contributed by atoms with Gasteiger partial charge in [-0.1, -0.05) is 34.1 Å². The van der Waals surface area contributed by atoms with Crippen molar-refractivity contribution in [2.75, 3.05) is 13.6 Å². The Morgan fingerprint density at radius 3 is 2.26 bits per heavy atom. The summed E-state index contributed by atoms with van der Waals surface area (Å²) in [6, 6.07) is 0. The van der Waals surface area contributed by atoms with Gasteiger partial charge in [-0.2, -0.15) is 0 Å². The Balaban J connectivity index is 2.60. The summed E-state index contributed by atoms with van der Waals surface area (Å²) >= 11 is 0. The molecule has 0 saturated heterocycles. The Morgan fingerprint density at radius 1 is 1.26 bits per heavy atom. The van der Waals surface area contributed by atoms with Gasteiger partial charge in [0.05, 0.1) is 11.7 Å². The smallest absolute Gasteiger partial charge is 0.0810 e. The molecule has 114 valence electrons. The molecule has 1 unspecified atom stereocenters. The normalized spacial score (nSPS) is 30.3. The minimum Gasteiger partial charge on any atom is -0.371 e. The summed E-state index contributed by atoms with van der Waals surface area (Å²) in [5.74, 6) is 0.850. The van der Waals surface area contributed by atoms with Gasteiger partial charge in [0.15, 0.2) is 0 Å². The SMILES string of the molecule is CCCC(C)OC1(CNC)CCC(C(C)(C)C)CC1. The number of nitrogens with one attached hydrogen (secondary N) is 1. The van der Waals surface area contributed by atoms with E-state index in [-0.39, 0.29) is 5.60 Å². The van der Waals surface area contributed by atoms with Crippen LogP contribution in [0.25, 0.3) is 0 Å². The lowest BCUT2D eigenvalue weighted by Gasteiger charge is -2.45. The third-order valence-corrected chi connectivity index (χ3v) is 4.77. The van der Waals surface area contributed by atoms with E-state index in [1.54, 1.807) is 0 Å². The van der Waals surface area contributed by atoms with E-state index in [0.29, 0.717) is 11.5 Å². The molecule has 0 spiro atoms. The second-order valence-electron chi connectivity index (χ2n) is 7.57. The highest BCUT2D eigenvalue weighted by Gasteiger charge is 2.39. The summed E-state index contributed by atoms with van der Waals surface area (Å²) in [6.45, 7) is 12.6. The first-order valence-corrected chi connectivity index (χ1v) is 8.15. The first kappa shape index (κ1) is 17.0. The number of likely N-dealkylation sites (N-methyl/N-ethyl adjacent to an activating group) is 1. The van der Waals surface area contributed by atoms with Crippen LogP contribution in [0.2, 0.25) is 0 Å². The van der Waals surface area contributed by atoms with Gasteiger partial charge in [-0.3, -0.25) is 0 Å². The Labute approximate surface area is 120 Å². The first-order chi connectivity index (χ1) is 8.83. The van der Waals surface area contributed by atoms with Crippen LogP contribution in [0.15, 0.2) is 0 Å². The molecule has 0 aromatic carbocycles. The number of ether oxygens (including phenoxy) is 1. The monoisotopic (exact) mass is 269 g/mol. The maximum absolute atomic E-state index is 6.46. The van der Waals surface area contributed by atoms with Crippen molar-refractivity contribution in [1.82, 2.24) is 5.32 Å². The van der Waals surface area contributed by atoms with Gasteiger partial charge in [0.1, 0.15) is 0 Å². The number of hydrogen-bond acceptors (Lipinski definition) is 2. The topological polar surface area (TPSA) is 21.3 Å². The molecule has 1 rings (SSSR count). The molecular formula is C17H35NO. The largest absolute Gasteiger partial charge is 0.371 e. The van der Waals surface area contributed by atoms with Crippen molar-refractivity contribution < 1.29 is 4.74 Å². The lowest BCUT2D eigenvalue weighted by molar-refractivity contribution is -0.119. The summed E-state index contributed by atoms with van der Waals surface area (Å²) < 4.78 is 6.46. The maximum Gasteiger partial charge on any atom is 0.0810 e. The molecule has 19 heavy (non-hydrogen) atoms. The van der Waals surface area contributed by atoms with Gasteiger partial charge >= 0.3 is 0 Å². The molecule has 1 saturated carbocycles. The Hall–Kier alpha value is -0.0800. The molecule has 1 N–H and O–H groups in total. The molecule has 1 fully saturated rings. The quantitative estimate of drug-likeness (QED) is 0.772. The Morgan fingerprint density at radius 2 is 1.84 bits per heavy atom. The van der Waals surface area contributed by atoms with Crippen molar-refractivity contribution in [2.45, 2.75) is 84.8 Å². The lowest BCUT2D eigenvalue weighted by Crippen LogP contribution is -2.48. The second kappa shape index (κ2) is 7.08. The van der Waals surface area contributed by atoms with Crippen molar-refractivity contribution in [3.05, 3.63) is 0 Å². The average molecular weight is 269 g/mol. The maximum atomic E-state index is 6.46. The van der Waals surface area contributed by atoms with Gasteiger partial charge in [-0.25, -0.2) is 0 Å². The second-order valence-corrected chi connectivity index (χ2v) is 7.57. The molecule has 0 heterocycles. The van der Waals surface area contributed by atoms with Crippen LogP contribution in [0.1, 0.15) is 73.1 Å². The van der Waals surface area contributed by atoms with E-state index < -0.39 is 0 Å². The zero-order chi connectivity index (χ0) is 14.5. The molecule has 0 aliphatic heterocycles. The van der Waals surface area contributed by atoms with Crippen LogP contribution in [0.4, 0.5) is 0 Å². The first-order valence-electron chi connectivity index (χ1n) is 8.15. The summed E-state index contributed by atoms with van der Waals surface area (Å²) in [5.41, 5.74) is 0.534. The third kappa shape index (κ3) is 5.07. The van der Waals surface area contributed by atoms with E-state index in [1.165, 1.54) is 38.5 Å². The van der Waals surface area contributed by atoms with Crippen LogP contribution in [0, 0.1) is 11.3 Å². The summed E-state index contributed by atoms with van der Waals surface area (Å²) in [4.78, 5) is 0. The number of rotatable bonds is 6. The highest BCUT2D eigenvalue weighted by atomic mass is 16.5. The van der Waals surface area contributed by atoms with Crippen molar-refractivity contribution in [3.8, 4) is 0 Å². The molecular weight excluding hydrogens is 234 g/mol. The van der Waals surface area contributed by atoms with Crippen LogP contribution >= 0.6 is 0 Å². The highest BCUT2D eigenvalue weighted by molar-refractivity contribution is 4.92. The predicted molar refractivity (Wildman–Crippen MR) is 83.5 cm³/mol. The minimum absolute atomic E-state index is 0.0884. The molecule has 0 bridgehead atoms. The van der Waals surface area contributed by atoms with E-state index in [2.05, 4.69) is 39.9 Å². The summed E-state index contributed by atoms with van der Waals surface area (Å²) in [6.07, 6.45) is 7.82. The van der Waals surface area contributed by atoms with Crippen LogP contribution in [0.5, 0.6) is 0 Å². The molecule has 1 atom stereocenters. The van der Waals surface area contributed by atoms with Crippen molar-refractivity contribution >= 4 is 0 Å². The van der Waals surface area contributed by atoms with Crippen LogP contribution in [-0.4, -0.2) is 25.3 Å². The van der Waals surface area contributed by atoms with E-state index in [1.807, 2.05) is 7.05 Å². The molecule has 1 aliphatic rings. The molecule has 2 heteroatoms. The van der Waals surface area contributed by atoms with Gasteiger partial charge in [0.25, 0.3) is 0 Å². The predicted octanol–water partition coefficient (Wildman–Crippen LogP) is 4.39. The van der Waals surface area contributed by atoms with Crippen LogP contribution in [-0.2, 0) is 4.74 Å². The number of hydrogen-bond donors (Lipinski definition) is 1. The molecule has 0 aromatic rings. The van der Waals surface area contributed by atoms with Gasteiger partial charge < -0.3 is 10.1 Å². The van der Waals surface area contributed by atoms with Crippen molar-refractivity contribution in [1.29, 1.82) is 0 Å². The lowest BCUT2D eigenvalue weighted by atomic mass is 9.68. The molecule has 1 aliphatic carbocycles. The standard InChI is InChI=1S/C17H35NO/c1-7-8-14(2)19-17(13-18-6)11-9-15(10-12-17)16(3,4)5/h14-15,18H,7-13H2,1-6H3. The molecule has 2 nitrogen and oxygen atoms in total. The zero-order valence-electron chi connectivity index (χ0n) is 14.0. The van der Waals surface area contributed by atoms with Crippen LogP contribution in [0.3, 0.4) is 0 Å². The third-order valence-electron chi connectivity index (χ3n) is 4.77. The van der Waals surface area contributed by atoms with Crippen LogP contribution < -0.4 is 5.32 Å². The minimum atomic E-state index is 0.0884. The van der Waals surface area contributed by atoms with E-state index in [4.69, 9.17) is 4.74 Å². The Bertz CT molecular complexity index is 248. The van der Waals surface area contributed by atoms with Crippen molar-refractivity contribution in [2.24, 2.45) is 11.3 Å². The zero-order valence-corrected chi connectivity index (χ0v) is 14.0. The van der Waals surface area contributed by atoms with Crippen molar-refractivity contribution in [3.63, 3.8) is 0 Å². The molecule has 0 amide bonds. The molecule has 0 radical (unpaired) electrons. The van der Waals surface area contributed by atoms with E-state index in [9.17, 15) is 0 Å². The Kier molecular flexibility index (Phi) is 6.32. The fraction of sp³-hybridized carbons (Fsp3) is 1.00. The summed E-state index contributed by atoms with van der Waals surface area (Å²) in [5, 5.41) is 3.35. The van der Waals surface area contributed by atoms with Gasteiger partial charge in [-0.05, 0) is 57.4 Å². The van der Waals surface area contributed by atoms with Gasteiger partial charge in [-0.15, -0.1) is 0 Å². The summed E-state index contributed by atoms with van der Waals surface area (Å²) in [7, 11) is 2.05. The highest BCUT2D eigenvalue weighted by Crippen LogP contribution is 2.43. The fourth-order valence-corrected chi connectivity index (χ4v) is 3.56. The van der Waals surface area contributed by atoms with Gasteiger partial charge in [0.2, 0.25) is 0 Å². The van der Waals surface area contributed by atoms with Gasteiger partial charge in [0, 0.05) is 6.54 Å². The van der Waals surface area contributed by atoms with E-state index >= 15 is 0 Å². The van der Waals surface area contributed by atoms with E-state index in [0.717, 1.165) is 12.5 Å². The fourth-order valence-electron chi connectivity index (χ4n) is 3.56.